The summed E-state index contributed by atoms with van der Waals surface area (Å²) in [5.74, 6) is -1.40. The number of nitrogens with two attached hydrogens (primary N) is 1. The normalized spacial score (nSPS) is 11.7. The number of carbonyl (C=O) groups excluding carboxylic acids is 1. The summed E-state index contributed by atoms with van der Waals surface area (Å²) in [6.07, 6.45) is 1.97. The van der Waals surface area contributed by atoms with Crippen LogP contribution in [0.15, 0.2) is 66.9 Å². The molecule has 5 nitrogen and oxygen atoms in total. The standard InChI is InChI=1S/C21H19F2N3O2/c22-15-10-16(23)12-18(11-15)26-21(27)20(24)9-14-4-6-19(7-5-14)28-13-17-3-1-2-8-25-17/h1-8,10-12,20H,9,13,24H2,(H,26,27)/t20-/m0/s1. The highest BCUT2D eigenvalue weighted by molar-refractivity contribution is 5.94. The number of hydrogen-bond acceptors (Lipinski definition) is 4. The fourth-order valence-electron chi connectivity index (χ4n) is 2.57. The van der Waals surface area contributed by atoms with Gasteiger partial charge in [0, 0.05) is 18.0 Å². The Kier molecular flexibility index (Phi) is 6.29. The number of hydrogen-bond donors (Lipinski definition) is 2. The molecule has 0 bridgehead atoms. The summed E-state index contributed by atoms with van der Waals surface area (Å²) < 4.78 is 32.1. The van der Waals surface area contributed by atoms with Gasteiger partial charge >= 0.3 is 0 Å². The Balaban J connectivity index is 1.53. The van der Waals surface area contributed by atoms with Crippen LogP contribution in [0.4, 0.5) is 14.5 Å². The van der Waals surface area contributed by atoms with E-state index in [4.69, 9.17) is 10.5 Å². The molecule has 3 N–H and O–H groups in total. The van der Waals surface area contributed by atoms with Gasteiger partial charge in [0.1, 0.15) is 24.0 Å². The second kappa shape index (κ2) is 9.05. The fourth-order valence-corrected chi connectivity index (χ4v) is 2.57. The number of pyridine rings is 1. The van der Waals surface area contributed by atoms with Crippen LogP contribution in [0, 0.1) is 11.6 Å². The second-order valence-electron chi connectivity index (χ2n) is 6.21. The van der Waals surface area contributed by atoms with Gasteiger partial charge in [0.2, 0.25) is 5.91 Å². The highest BCUT2D eigenvalue weighted by atomic mass is 19.1. The van der Waals surface area contributed by atoms with Crippen molar-refractivity contribution in [2.24, 2.45) is 5.73 Å². The number of nitrogens with one attached hydrogen (secondary N) is 1. The number of carbonyl (C=O) groups is 1. The second-order valence-corrected chi connectivity index (χ2v) is 6.21. The lowest BCUT2D eigenvalue weighted by atomic mass is 10.1. The lowest BCUT2D eigenvalue weighted by Gasteiger charge is -2.13. The van der Waals surface area contributed by atoms with E-state index in [0.717, 1.165) is 29.5 Å². The maximum atomic E-state index is 13.2. The van der Waals surface area contributed by atoms with Crippen molar-refractivity contribution in [3.63, 3.8) is 0 Å². The predicted molar refractivity (Wildman–Crippen MR) is 102 cm³/mol. The first-order valence-electron chi connectivity index (χ1n) is 8.64. The average molecular weight is 383 g/mol. The van der Waals surface area contributed by atoms with E-state index in [1.807, 2.05) is 30.3 Å². The van der Waals surface area contributed by atoms with Crippen molar-refractivity contribution in [1.82, 2.24) is 4.98 Å². The van der Waals surface area contributed by atoms with Gasteiger partial charge in [-0.15, -0.1) is 0 Å². The molecule has 0 aliphatic heterocycles. The molecule has 2 aromatic carbocycles. The highest BCUT2D eigenvalue weighted by Gasteiger charge is 2.15. The molecule has 0 aliphatic rings. The van der Waals surface area contributed by atoms with Crippen LogP contribution in [0.25, 0.3) is 0 Å². The zero-order chi connectivity index (χ0) is 19.9. The van der Waals surface area contributed by atoms with Crippen molar-refractivity contribution in [3.8, 4) is 5.75 Å². The summed E-state index contributed by atoms with van der Waals surface area (Å²) in [7, 11) is 0. The lowest BCUT2D eigenvalue weighted by molar-refractivity contribution is -0.117. The molecule has 0 saturated carbocycles. The van der Waals surface area contributed by atoms with Crippen LogP contribution in [0.3, 0.4) is 0 Å². The molecule has 0 radical (unpaired) electrons. The molecule has 0 saturated heterocycles. The van der Waals surface area contributed by atoms with Crippen molar-refractivity contribution < 1.29 is 18.3 Å². The van der Waals surface area contributed by atoms with Gasteiger partial charge in [0.05, 0.1) is 11.7 Å². The molecular formula is C21H19F2N3O2. The molecule has 7 heteroatoms. The summed E-state index contributed by atoms with van der Waals surface area (Å²) in [6, 6.07) is 14.7. The van der Waals surface area contributed by atoms with Crippen LogP contribution < -0.4 is 15.8 Å². The van der Waals surface area contributed by atoms with E-state index >= 15 is 0 Å². The van der Waals surface area contributed by atoms with Crippen LogP contribution in [0.5, 0.6) is 5.75 Å². The molecule has 144 valence electrons. The molecule has 1 amide bonds. The summed E-state index contributed by atoms with van der Waals surface area (Å²) in [4.78, 5) is 16.3. The maximum absolute atomic E-state index is 13.2. The Bertz CT molecular complexity index is 914. The number of rotatable bonds is 7. The number of nitrogens with zero attached hydrogens (tertiary/aromatic N) is 1. The largest absolute Gasteiger partial charge is 0.487 e. The minimum Gasteiger partial charge on any atom is -0.487 e. The van der Waals surface area contributed by atoms with Crippen LogP contribution in [-0.2, 0) is 17.8 Å². The predicted octanol–water partition coefficient (Wildman–Crippen LogP) is 3.45. The van der Waals surface area contributed by atoms with Crippen LogP contribution in [-0.4, -0.2) is 16.9 Å². The molecule has 1 heterocycles. The van der Waals surface area contributed by atoms with E-state index in [2.05, 4.69) is 10.3 Å². The molecule has 28 heavy (non-hydrogen) atoms. The third-order valence-electron chi connectivity index (χ3n) is 3.96. The van der Waals surface area contributed by atoms with Crippen molar-refractivity contribution >= 4 is 11.6 Å². The Morgan fingerprint density at radius 2 is 1.79 bits per heavy atom. The van der Waals surface area contributed by atoms with E-state index < -0.39 is 23.6 Å². The molecule has 0 spiro atoms. The first-order chi connectivity index (χ1) is 13.5. The number of ether oxygens (including phenoxy) is 1. The van der Waals surface area contributed by atoms with Crippen LogP contribution in [0.1, 0.15) is 11.3 Å². The average Bonchev–Trinajstić information content (AvgIpc) is 2.67. The monoisotopic (exact) mass is 383 g/mol. The lowest BCUT2D eigenvalue weighted by Crippen LogP contribution is -2.37. The van der Waals surface area contributed by atoms with Gasteiger partial charge in [0.15, 0.2) is 0 Å². The zero-order valence-electron chi connectivity index (χ0n) is 14.9. The minimum atomic E-state index is -0.869. The molecule has 3 rings (SSSR count). The van der Waals surface area contributed by atoms with E-state index in [-0.39, 0.29) is 12.1 Å². The van der Waals surface area contributed by atoms with Crippen LogP contribution >= 0.6 is 0 Å². The van der Waals surface area contributed by atoms with Crippen molar-refractivity contribution in [3.05, 3.63) is 89.8 Å². The van der Waals surface area contributed by atoms with E-state index in [1.54, 1.807) is 18.3 Å². The van der Waals surface area contributed by atoms with Crippen LogP contribution in [0.2, 0.25) is 0 Å². The first kappa shape index (κ1) is 19.4. The summed E-state index contributed by atoms with van der Waals surface area (Å²) >= 11 is 0. The van der Waals surface area contributed by atoms with Gasteiger partial charge in [-0.25, -0.2) is 8.78 Å². The first-order valence-corrected chi connectivity index (χ1v) is 8.64. The van der Waals surface area contributed by atoms with Gasteiger partial charge in [-0.2, -0.15) is 0 Å². The number of amides is 1. The van der Waals surface area contributed by atoms with Gasteiger partial charge in [-0.3, -0.25) is 9.78 Å². The van der Waals surface area contributed by atoms with E-state index in [1.165, 1.54) is 0 Å². The Labute approximate surface area is 161 Å². The summed E-state index contributed by atoms with van der Waals surface area (Å²) in [6.45, 7) is 0.353. The quantitative estimate of drug-likeness (QED) is 0.655. The molecule has 3 aromatic rings. The molecule has 0 unspecified atom stereocenters. The zero-order valence-corrected chi connectivity index (χ0v) is 14.9. The summed E-state index contributed by atoms with van der Waals surface area (Å²) in [5.41, 5.74) is 7.58. The van der Waals surface area contributed by atoms with E-state index in [9.17, 15) is 13.6 Å². The number of benzene rings is 2. The minimum absolute atomic E-state index is 0.0243. The fraction of sp³-hybridized carbons (Fsp3) is 0.143. The highest BCUT2D eigenvalue weighted by Crippen LogP contribution is 2.16. The summed E-state index contributed by atoms with van der Waals surface area (Å²) in [5, 5.41) is 2.42. The number of halogens is 2. The smallest absolute Gasteiger partial charge is 0.241 e. The topological polar surface area (TPSA) is 77.2 Å². The Morgan fingerprint density at radius 3 is 2.43 bits per heavy atom. The maximum Gasteiger partial charge on any atom is 0.241 e. The Hall–Kier alpha value is -3.32. The molecule has 0 fully saturated rings. The molecule has 1 aromatic heterocycles. The number of anilines is 1. The molecular weight excluding hydrogens is 364 g/mol. The number of aromatic nitrogens is 1. The third kappa shape index (κ3) is 5.59. The van der Waals surface area contributed by atoms with Gasteiger partial charge in [-0.05, 0) is 48.4 Å². The van der Waals surface area contributed by atoms with Crippen molar-refractivity contribution in [2.75, 3.05) is 5.32 Å². The van der Waals surface area contributed by atoms with Crippen molar-refractivity contribution in [1.29, 1.82) is 0 Å². The Morgan fingerprint density at radius 1 is 1.07 bits per heavy atom. The SMILES string of the molecule is N[C@@H](Cc1ccc(OCc2ccccn2)cc1)C(=O)Nc1cc(F)cc(F)c1. The van der Waals surface area contributed by atoms with Crippen molar-refractivity contribution in [2.45, 2.75) is 19.1 Å². The third-order valence-corrected chi connectivity index (χ3v) is 3.96. The molecule has 1 atom stereocenters. The van der Waals surface area contributed by atoms with Gasteiger partial charge in [0.25, 0.3) is 0 Å². The molecule has 0 aliphatic carbocycles. The van der Waals surface area contributed by atoms with Gasteiger partial charge < -0.3 is 15.8 Å². The van der Waals surface area contributed by atoms with E-state index in [0.29, 0.717) is 12.4 Å². The van der Waals surface area contributed by atoms with Gasteiger partial charge in [-0.1, -0.05) is 18.2 Å².